The molecular formula is C16H16N2O3. The lowest BCUT2D eigenvalue weighted by molar-refractivity contribution is 0.102. The topological polar surface area (TPSA) is 70.6 Å². The molecule has 3 rings (SSSR count). The quantitative estimate of drug-likeness (QED) is 0.758. The summed E-state index contributed by atoms with van der Waals surface area (Å²) in [7, 11) is 1.53. The zero-order valence-electron chi connectivity index (χ0n) is 11.6. The largest absolute Gasteiger partial charge is 0.506 e. The molecule has 108 valence electrons. The van der Waals surface area contributed by atoms with Gasteiger partial charge in [0, 0.05) is 23.9 Å². The summed E-state index contributed by atoms with van der Waals surface area (Å²) in [6, 6.07) is 10.3. The Morgan fingerprint density at radius 1 is 1.29 bits per heavy atom. The van der Waals surface area contributed by atoms with Gasteiger partial charge in [0.2, 0.25) is 0 Å². The molecule has 0 bridgehead atoms. The summed E-state index contributed by atoms with van der Waals surface area (Å²) in [5.74, 6) is 0.321. The molecule has 0 radical (unpaired) electrons. The van der Waals surface area contributed by atoms with Gasteiger partial charge in [0.05, 0.1) is 12.8 Å². The van der Waals surface area contributed by atoms with Crippen LogP contribution in [0.15, 0.2) is 36.4 Å². The maximum Gasteiger partial charge on any atom is 0.255 e. The van der Waals surface area contributed by atoms with E-state index in [1.165, 1.54) is 13.2 Å². The second-order valence-electron chi connectivity index (χ2n) is 4.89. The smallest absolute Gasteiger partial charge is 0.255 e. The van der Waals surface area contributed by atoms with Crippen LogP contribution >= 0.6 is 0 Å². The van der Waals surface area contributed by atoms with Crippen molar-refractivity contribution in [2.75, 3.05) is 24.3 Å². The lowest BCUT2D eigenvalue weighted by atomic mass is 10.1. The Morgan fingerprint density at radius 2 is 2.14 bits per heavy atom. The second kappa shape index (κ2) is 5.36. The fraction of sp³-hybridized carbons (Fsp3) is 0.188. The van der Waals surface area contributed by atoms with E-state index in [1.54, 1.807) is 18.2 Å². The van der Waals surface area contributed by atoms with Gasteiger partial charge in [-0.15, -0.1) is 0 Å². The number of benzene rings is 2. The van der Waals surface area contributed by atoms with E-state index in [-0.39, 0.29) is 11.7 Å². The fourth-order valence-corrected chi connectivity index (χ4v) is 2.38. The maximum absolute atomic E-state index is 12.3. The lowest BCUT2D eigenvalue weighted by Crippen LogP contribution is -2.12. The number of phenolic OH excluding ortho intramolecular Hbond substituents is 1. The zero-order chi connectivity index (χ0) is 14.8. The number of methoxy groups -OCH3 is 1. The molecule has 5 heteroatoms. The van der Waals surface area contributed by atoms with E-state index in [0.29, 0.717) is 17.0 Å². The first-order chi connectivity index (χ1) is 10.2. The number of hydrogen-bond donors (Lipinski definition) is 3. The van der Waals surface area contributed by atoms with E-state index in [0.717, 1.165) is 24.2 Å². The highest BCUT2D eigenvalue weighted by atomic mass is 16.5. The van der Waals surface area contributed by atoms with Crippen molar-refractivity contribution in [1.82, 2.24) is 0 Å². The molecule has 1 aliphatic heterocycles. The number of rotatable bonds is 3. The molecule has 2 aromatic rings. The summed E-state index contributed by atoms with van der Waals surface area (Å²) < 4.78 is 5.09. The highest BCUT2D eigenvalue weighted by Gasteiger charge is 2.14. The Kier molecular flexibility index (Phi) is 3.39. The molecule has 0 aliphatic carbocycles. The molecule has 0 atom stereocenters. The van der Waals surface area contributed by atoms with Gasteiger partial charge in [-0.2, -0.15) is 0 Å². The predicted molar refractivity (Wildman–Crippen MR) is 81.2 cm³/mol. The van der Waals surface area contributed by atoms with Crippen LogP contribution in [-0.4, -0.2) is 24.7 Å². The van der Waals surface area contributed by atoms with Crippen molar-refractivity contribution in [1.29, 1.82) is 0 Å². The predicted octanol–water partition coefficient (Wildman–Crippen LogP) is 2.62. The summed E-state index contributed by atoms with van der Waals surface area (Å²) in [6.45, 7) is 0.900. The minimum atomic E-state index is -0.256. The number of fused-ring (bicyclic) bond motifs is 1. The van der Waals surface area contributed by atoms with Gasteiger partial charge in [-0.3, -0.25) is 4.79 Å². The standard InChI is InChI=1S/C16H16N2O3/c1-21-12-3-5-15(19)14(9-12)18-16(20)11-2-4-13-10(8-11)6-7-17-13/h2-5,8-9,17,19H,6-7H2,1H3,(H,18,20). The van der Waals surface area contributed by atoms with Gasteiger partial charge in [0.25, 0.3) is 5.91 Å². The van der Waals surface area contributed by atoms with Gasteiger partial charge in [-0.25, -0.2) is 0 Å². The van der Waals surface area contributed by atoms with Crippen molar-refractivity contribution in [3.05, 3.63) is 47.5 Å². The molecule has 1 heterocycles. The van der Waals surface area contributed by atoms with Crippen LogP contribution in [-0.2, 0) is 6.42 Å². The summed E-state index contributed by atoms with van der Waals surface area (Å²) in [4.78, 5) is 12.3. The van der Waals surface area contributed by atoms with Crippen molar-refractivity contribution in [3.63, 3.8) is 0 Å². The highest BCUT2D eigenvalue weighted by Crippen LogP contribution is 2.29. The van der Waals surface area contributed by atoms with Crippen molar-refractivity contribution in [2.45, 2.75) is 6.42 Å². The van der Waals surface area contributed by atoms with Gasteiger partial charge in [0.1, 0.15) is 11.5 Å². The van der Waals surface area contributed by atoms with Gasteiger partial charge in [-0.05, 0) is 42.3 Å². The van der Waals surface area contributed by atoms with Gasteiger partial charge in [0.15, 0.2) is 0 Å². The van der Waals surface area contributed by atoms with Gasteiger partial charge in [-0.1, -0.05) is 0 Å². The highest BCUT2D eigenvalue weighted by molar-refractivity contribution is 6.05. The second-order valence-corrected chi connectivity index (χ2v) is 4.89. The lowest BCUT2D eigenvalue weighted by Gasteiger charge is -2.10. The molecule has 1 aliphatic rings. The minimum Gasteiger partial charge on any atom is -0.506 e. The van der Waals surface area contributed by atoms with Crippen LogP contribution in [0.4, 0.5) is 11.4 Å². The van der Waals surface area contributed by atoms with Crippen LogP contribution in [0.3, 0.4) is 0 Å². The Balaban J connectivity index is 1.83. The SMILES string of the molecule is COc1ccc(O)c(NC(=O)c2ccc3c(c2)CCN3)c1. The van der Waals surface area contributed by atoms with E-state index in [2.05, 4.69) is 10.6 Å². The molecule has 0 fully saturated rings. The molecule has 3 N–H and O–H groups in total. The number of nitrogens with one attached hydrogen (secondary N) is 2. The third-order valence-electron chi connectivity index (χ3n) is 3.53. The third kappa shape index (κ3) is 2.63. The number of phenols is 1. The molecule has 0 unspecified atom stereocenters. The average Bonchev–Trinajstić information content (AvgIpc) is 2.96. The maximum atomic E-state index is 12.3. The van der Waals surface area contributed by atoms with E-state index >= 15 is 0 Å². The Bertz CT molecular complexity index is 698. The van der Waals surface area contributed by atoms with Crippen molar-refractivity contribution in [3.8, 4) is 11.5 Å². The number of ether oxygens (including phenoxy) is 1. The fourth-order valence-electron chi connectivity index (χ4n) is 2.38. The van der Waals surface area contributed by atoms with Gasteiger partial charge >= 0.3 is 0 Å². The van der Waals surface area contributed by atoms with Crippen molar-refractivity contribution in [2.24, 2.45) is 0 Å². The Morgan fingerprint density at radius 3 is 2.95 bits per heavy atom. The third-order valence-corrected chi connectivity index (χ3v) is 3.53. The van der Waals surface area contributed by atoms with Crippen molar-refractivity contribution >= 4 is 17.3 Å². The van der Waals surface area contributed by atoms with Gasteiger partial charge < -0.3 is 20.5 Å². The Hall–Kier alpha value is -2.69. The number of carbonyl (C=O) groups excluding carboxylic acids is 1. The van der Waals surface area contributed by atoms with Crippen LogP contribution in [0, 0.1) is 0 Å². The van der Waals surface area contributed by atoms with E-state index < -0.39 is 0 Å². The van der Waals surface area contributed by atoms with E-state index in [9.17, 15) is 9.90 Å². The van der Waals surface area contributed by atoms with Crippen LogP contribution in [0.5, 0.6) is 11.5 Å². The molecule has 0 aromatic heterocycles. The molecule has 21 heavy (non-hydrogen) atoms. The minimum absolute atomic E-state index is 0.00646. The summed E-state index contributed by atoms with van der Waals surface area (Å²) >= 11 is 0. The molecule has 2 aromatic carbocycles. The number of amides is 1. The van der Waals surface area contributed by atoms with Crippen LogP contribution < -0.4 is 15.4 Å². The van der Waals surface area contributed by atoms with Crippen LogP contribution in [0.1, 0.15) is 15.9 Å². The molecular weight excluding hydrogens is 268 g/mol. The van der Waals surface area contributed by atoms with E-state index in [1.807, 2.05) is 12.1 Å². The van der Waals surface area contributed by atoms with Crippen molar-refractivity contribution < 1.29 is 14.6 Å². The number of anilines is 2. The first-order valence-corrected chi connectivity index (χ1v) is 6.72. The van der Waals surface area contributed by atoms with Crippen LogP contribution in [0.25, 0.3) is 0 Å². The average molecular weight is 284 g/mol. The first kappa shape index (κ1) is 13.3. The number of aromatic hydroxyl groups is 1. The Labute approximate surface area is 122 Å². The molecule has 1 amide bonds. The number of hydrogen-bond acceptors (Lipinski definition) is 4. The summed E-state index contributed by atoms with van der Waals surface area (Å²) in [6.07, 6.45) is 0.918. The normalized spacial score (nSPS) is 12.4. The molecule has 0 saturated heterocycles. The number of carbonyl (C=O) groups is 1. The molecule has 0 saturated carbocycles. The molecule has 0 spiro atoms. The monoisotopic (exact) mass is 284 g/mol. The molecule has 5 nitrogen and oxygen atoms in total. The summed E-state index contributed by atoms with van der Waals surface area (Å²) in [5.41, 5.74) is 3.12. The first-order valence-electron chi connectivity index (χ1n) is 6.72. The summed E-state index contributed by atoms with van der Waals surface area (Å²) in [5, 5.41) is 15.8. The van der Waals surface area contributed by atoms with Crippen LogP contribution in [0.2, 0.25) is 0 Å². The zero-order valence-corrected chi connectivity index (χ0v) is 11.6. The van der Waals surface area contributed by atoms with E-state index in [4.69, 9.17) is 4.74 Å².